The standard InChI is InChI=1S/C14H18N2O3/c1-9(2)8-19-11-5-3-4-10(6-11)15-12-7-13(17)16-14(12)18/h3-6,9,12,15H,7-8H2,1-2H3,(H,16,17,18). The van der Waals surface area contributed by atoms with Crippen molar-refractivity contribution in [2.75, 3.05) is 11.9 Å². The summed E-state index contributed by atoms with van der Waals surface area (Å²) in [5.41, 5.74) is 0.774. The number of carbonyl (C=O) groups is 2. The number of amides is 2. The van der Waals surface area contributed by atoms with Crippen molar-refractivity contribution in [3.8, 4) is 5.75 Å². The summed E-state index contributed by atoms with van der Waals surface area (Å²) in [6.07, 6.45) is 0.177. The predicted octanol–water partition coefficient (Wildman–Crippen LogP) is 1.55. The van der Waals surface area contributed by atoms with Gasteiger partial charge in [-0.15, -0.1) is 0 Å². The highest BCUT2D eigenvalue weighted by molar-refractivity contribution is 6.06. The van der Waals surface area contributed by atoms with Crippen molar-refractivity contribution in [1.29, 1.82) is 0 Å². The predicted molar refractivity (Wildman–Crippen MR) is 72.0 cm³/mol. The van der Waals surface area contributed by atoms with Gasteiger partial charge >= 0.3 is 0 Å². The third-order valence-corrected chi connectivity index (χ3v) is 2.73. The molecule has 1 atom stereocenters. The molecule has 2 rings (SSSR count). The fourth-order valence-electron chi connectivity index (χ4n) is 1.81. The van der Waals surface area contributed by atoms with E-state index in [1.165, 1.54) is 0 Å². The van der Waals surface area contributed by atoms with E-state index in [9.17, 15) is 9.59 Å². The van der Waals surface area contributed by atoms with Gasteiger partial charge in [0.15, 0.2) is 0 Å². The molecule has 1 aliphatic heterocycles. The first-order valence-corrected chi connectivity index (χ1v) is 6.37. The molecule has 1 heterocycles. The molecule has 2 amide bonds. The van der Waals surface area contributed by atoms with Crippen LogP contribution in [0.2, 0.25) is 0 Å². The van der Waals surface area contributed by atoms with Crippen molar-refractivity contribution >= 4 is 17.5 Å². The van der Waals surface area contributed by atoms with E-state index in [-0.39, 0.29) is 18.2 Å². The zero-order chi connectivity index (χ0) is 13.8. The van der Waals surface area contributed by atoms with Crippen molar-refractivity contribution in [3.63, 3.8) is 0 Å². The van der Waals surface area contributed by atoms with Gasteiger partial charge in [0.05, 0.1) is 13.0 Å². The Morgan fingerprint density at radius 3 is 2.84 bits per heavy atom. The van der Waals surface area contributed by atoms with Crippen molar-refractivity contribution in [1.82, 2.24) is 5.32 Å². The van der Waals surface area contributed by atoms with Crippen LogP contribution in [0.15, 0.2) is 24.3 Å². The van der Waals surface area contributed by atoms with Gasteiger partial charge in [0, 0.05) is 11.8 Å². The molecule has 0 bridgehead atoms. The molecule has 0 spiro atoms. The first-order chi connectivity index (χ1) is 9.04. The van der Waals surface area contributed by atoms with Crippen molar-refractivity contribution in [2.24, 2.45) is 5.92 Å². The second-order valence-corrected chi connectivity index (χ2v) is 5.05. The zero-order valence-electron chi connectivity index (χ0n) is 11.1. The molecule has 1 aromatic carbocycles. The summed E-state index contributed by atoms with van der Waals surface area (Å²) < 4.78 is 5.61. The Morgan fingerprint density at radius 2 is 2.21 bits per heavy atom. The molecule has 5 nitrogen and oxygen atoms in total. The molecule has 1 fully saturated rings. The number of nitrogens with one attached hydrogen (secondary N) is 2. The lowest BCUT2D eigenvalue weighted by atomic mass is 10.2. The molecule has 1 unspecified atom stereocenters. The second kappa shape index (κ2) is 5.73. The van der Waals surface area contributed by atoms with Crippen LogP contribution in [-0.2, 0) is 9.59 Å². The van der Waals surface area contributed by atoms with E-state index in [1.807, 2.05) is 24.3 Å². The van der Waals surface area contributed by atoms with E-state index in [0.717, 1.165) is 11.4 Å². The number of hydrogen-bond acceptors (Lipinski definition) is 4. The molecule has 0 saturated carbocycles. The fourth-order valence-corrected chi connectivity index (χ4v) is 1.81. The Labute approximate surface area is 112 Å². The number of rotatable bonds is 5. The monoisotopic (exact) mass is 262 g/mol. The topological polar surface area (TPSA) is 67.4 Å². The maximum Gasteiger partial charge on any atom is 0.249 e. The van der Waals surface area contributed by atoms with Gasteiger partial charge in [-0.2, -0.15) is 0 Å². The molecule has 1 saturated heterocycles. The van der Waals surface area contributed by atoms with Gasteiger partial charge in [-0.05, 0) is 18.1 Å². The highest BCUT2D eigenvalue weighted by Crippen LogP contribution is 2.20. The normalized spacial score (nSPS) is 18.6. The lowest BCUT2D eigenvalue weighted by Crippen LogP contribution is -2.29. The van der Waals surface area contributed by atoms with E-state index in [4.69, 9.17) is 4.74 Å². The minimum atomic E-state index is -0.493. The summed E-state index contributed by atoms with van der Waals surface area (Å²) in [6.45, 7) is 4.80. The van der Waals surface area contributed by atoms with Gasteiger partial charge in [0.1, 0.15) is 11.8 Å². The number of hydrogen-bond donors (Lipinski definition) is 2. The Morgan fingerprint density at radius 1 is 1.42 bits per heavy atom. The average molecular weight is 262 g/mol. The summed E-state index contributed by atoms with van der Waals surface area (Å²) in [5.74, 6) is 0.687. The molecule has 1 aliphatic rings. The summed E-state index contributed by atoms with van der Waals surface area (Å²) in [6, 6.07) is 6.91. The van der Waals surface area contributed by atoms with E-state index in [1.54, 1.807) is 0 Å². The van der Waals surface area contributed by atoms with Crippen LogP contribution in [0.1, 0.15) is 20.3 Å². The summed E-state index contributed by atoms with van der Waals surface area (Å²) >= 11 is 0. The van der Waals surface area contributed by atoms with E-state index < -0.39 is 6.04 Å². The minimum absolute atomic E-state index is 0.177. The number of benzene rings is 1. The maximum absolute atomic E-state index is 11.5. The molecule has 5 heteroatoms. The van der Waals surface area contributed by atoms with Crippen LogP contribution >= 0.6 is 0 Å². The Kier molecular flexibility index (Phi) is 4.04. The van der Waals surface area contributed by atoms with Crippen LogP contribution in [0.4, 0.5) is 5.69 Å². The molecular weight excluding hydrogens is 244 g/mol. The van der Waals surface area contributed by atoms with Gasteiger partial charge in [-0.1, -0.05) is 19.9 Å². The maximum atomic E-state index is 11.5. The Hall–Kier alpha value is -2.04. The molecule has 1 aromatic rings. The smallest absolute Gasteiger partial charge is 0.249 e. The van der Waals surface area contributed by atoms with Crippen LogP contribution < -0.4 is 15.4 Å². The SMILES string of the molecule is CC(C)COc1cccc(NC2CC(=O)NC2=O)c1. The highest BCUT2D eigenvalue weighted by Gasteiger charge is 2.30. The first-order valence-electron chi connectivity index (χ1n) is 6.37. The average Bonchev–Trinajstić information content (AvgIpc) is 2.66. The van der Waals surface area contributed by atoms with Crippen molar-refractivity contribution < 1.29 is 14.3 Å². The van der Waals surface area contributed by atoms with Crippen molar-refractivity contribution in [3.05, 3.63) is 24.3 Å². The number of imide groups is 1. The molecule has 19 heavy (non-hydrogen) atoms. The number of carbonyl (C=O) groups excluding carboxylic acids is 2. The molecule has 0 radical (unpaired) electrons. The summed E-state index contributed by atoms with van der Waals surface area (Å²) in [7, 11) is 0. The van der Waals surface area contributed by atoms with E-state index >= 15 is 0 Å². The van der Waals surface area contributed by atoms with Crippen molar-refractivity contribution in [2.45, 2.75) is 26.3 Å². The quantitative estimate of drug-likeness (QED) is 0.790. The lowest BCUT2D eigenvalue weighted by Gasteiger charge is -2.13. The third kappa shape index (κ3) is 3.71. The fraction of sp³-hybridized carbons (Fsp3) is 0.429. The number of anilines is 1. The van der Waals surface area contributed by atoms with E-state index in [0.29, 0.717) is 12.5 Å². The third-order valence-electron chi connectivity index (χ3n) is 2.73. The molecule has 102 valence electrons. The largest absolute Gasteiger partial charge is 0.493 e. The van der Waals surface area contributed by atoms with Crippen LogP contribution in [0.25, 0.3) is 0 Å². The van der Waals surface area contributed by atoms with E-state index in [2.05, 4.69) is 24.5 Å². The first kappa shape index (κ1) is 13.4. The number of ether oxygens (including phenoxy) is 1. The summed E-state index contributed by atoms with van der Waals surface area (Å²) in [4.78, 5) is 22.6. The summed E-state index contributed by atoms with van der Waals surface area (Å²) in [5, 5.41) is 5.31. The van der Waals surface area contributed by atoms with Crippen LogP contribution in [-0.4, -0.2) is 24.5 Å². The van der Waals surface area contributed by atoms with Gasteiger partial charge in [-0.3, -0.25) is 14.9 Å². The molecule has 0 aromatic heterocycles. The van der Waals surface area contributed by atoms with Gasteiger partial charge < -0.3 is 10.1 Å². The van der Waals surface area contributed by atoms with Gasteiger partial charge in [-0.25, -0.2) is 0 Å². The molecule has 0 aliphatic carbocycles. The Bertz CT molecular complexity index is 485. The molecule has 2 N–H and O–H groups in total. The minimum Gasteiger partial charge on any atom is -0.493 e. The van der Waals surface area contributed by atoms with Crippen LogP contribution in [0.3, 0.4) is 0 Å². The molecular formula is C14H18N2O3. The van der Waals surface area contributed by atoms with Crippen LogP contribution in [0, 0.1) is 5.92 Å². The highest BCUT2D eigenvalue weighted by atomic mass is 16.5. The zero-order valence-corrected chi connectivity index (χ0v) is 11.1. The van der Waals surface area contributed by atoms with Gasteiger partial charge in [0.25, 0.3) is 0 Å². The lowest BCUT2D eigenvalue weighted by molar-refractivity contribution is -0.124. The van der Waals surface area contributed by atoms with Gasteiger partial charge in [0.2, 0.25) is 11.8 Å². The van der Waals surface area contributed by atoms with Crippen LogP contribution in [0.5, 0.6) is 5.75 Å². The Balaban J connectivity index is 1.99. The second-order valence-electron chi connectivity index (χ2n) is 5.05.